The Morgan fingerprint density at radius 2 is 0.397 bits per heavy atom. The smallest absolute Gasteiger partial charge is 0.242 e. The predicted octanol–water partition coefficient (Wildman–Crippen LogP) is 15.6. The van der Waals surface area contributed by atoms with Crippen LogP contribution in [0.1, 0.15) is 50.1 Å². The van der Waals surface area contributed by atoms with Gasteiger partial charge in [0.05, 0.1) is 17.1 Å². The van der Waals surface area contributed by atoms with E-state index in [0.29, 0.717) is 0 Å². The maximum absolute atomic E-state index is 7.57. The van der Waals surface area contributed by atoms with Crippen molar-refractivity contribution < 1.29 is 13.6 Å². The lowest BCUT2D eigenvalue weighted by Gasteiger charge is -2.34. The topological polar surface area (TPSA) is 63.8 Å². The van der Waals surface area contributed by atoms with Crippen LogP contribution in [0.15, 0.2) is 291 Å². The molecule has 78 heavy (non-hydrogen) atoms. The summed E-state index contributed by atoms with van der Waals surface area (Å²) in [6, 6.07) is 111. The van der Waals surface area contributed by atoms with E-state index in [2.05, 4.69) is 308 Å². The highest BCUT2D eigenvalue weighted by Gasteiger charge is 2.41. The van der Waals surface area contributed by atoms with E-state index in [0.717, 1.165) is 71.5 Å². The van der Waals surface area contributed by atoms with Gasteiger partial charge in [0.2, 0.25) is 25.0 Å². The number of benzene rings is 10. The van der Waals surface area contributed by atoms with Crippen LogP contribution in [0.4, 0.5) is 17.1 Å². The van der Waals surface area contributed by atoms with Gasteiger partial charge in [0.25, 0.3) is 0 Å². The van der Waals surface area contributed by atoms with Gasteiger partial charge < -0.3 is 13.6 Å². The largest absolute Gasteiger partial charge is 0.321 e. The molecule has 0 atom stereocenters. The second-order valence-electron chi connectivity index (χ2n) is 20.9. The molecule has 0 radical (unpaired) electrons. The van der Waals surface area contributed by atoms with Gasteiger partial charge >= 0.3 is 0 Å². The quantitative estimate of drug-likeness (QED) is 0.0352. The van der Waals surface area contributed by atoms with Crippen molar-refractivity contribution in [3.63, 3.8) is 0 Å². The van der Waals surface area contributed by atoms with Crippen molar-refractivity contribution in [2.24, 2.45) is 0 Å². The van der Waals surface area contributed by atoms with E-state index in [4.69, 9.17) is 13.6 Å². The standard InChI is InChI=1S/C69H69N3O3Si3/c1-10-28-58(29-11-1)49-76(50-59-30-12-2-13-31-59,51-60-32-14-3-15-33-60)73-70-67-46-47-68(71-74-77(52-61-34-16-4-17-35-61,53-62-36-18-5-19-37-62)54-63-38-20-6-21-39-63)69(48-67)72-75-78(55-64-40-22-7-23-41-64,56-65-42-24-8-25-43-65)57-66-44-26-9-27-45-66/h1-48,70-72H,49-57H2. The average molecular weight is 1070 g/mol. The lowest BCUT2D eigenvalue weighted by Crippen LogP contribution is -2.49. The van der Waals surface area contributed by atoms with Crippen molar-refractivity contribution in [2.75, 3.05) is 16.4 Å². The number of nitrogens with one attached hydrogen (secondary N) is 3. The first-order valence-electron chi connectivity index (χ1n) is 27.3. The van der Waals surface area contributed by atoms with Gasteiger partial charge in [-0.25, -0.2) is 0 Å². The third kappa shape index (κ3) is 15.6. The molecule has 3 N–H and O–H groups in total. The highest BCUT2D eigenvalue weighted by atomic mass is 28.4. The molecule has 10 rings (SSSR count). The van der Waals surface area contributed by atoms with E-state index >= 15 is 0 Å². The van der Waals surface area contributed by atoms with Gasteiger partial charge in [-0.2, -0.15) is 0 Å². The van der Waals surface area contributed by atoms with Crippen LogP contribution in [0.3, 0.4) is 0 Å². The third-order valence-corrected chi connectivity index (χ3v) is 25.6. The van der Waals surface area contributed by atoms with Crippen molar-refractivity contribution in [1.82, 2.24) is 0 Å². The lowest BCUT2D eigenvalue weighted by molar-refractivity contribution is 0.368. The summed E-state index contributed by atoms with van der Waals surface area (Å²) in [5.74, 6) is 0. The predicted molar refractivity (Wildman–Crippen MR) is 329 cm³/mol. The highest BCUT2D eigenvalue weighted by Crippen LogP contribution is 2.34. The molecule has 9 heteroatoms. The summed E-state index contributed by atoms with van der Waals surface area (Å²) in [6.45, 7) is 0. The lowest BCUT2D eigenvalue weighted by atomic mass is 10.2. The zero-order chi connectivity index (χ0) is 53.0. The summed E-state index contributed by atoms with van der Waals surface area (Å²) in [7, 11) is -8.41. The molecule has 0 heterocycles. The van der Waals surface area contributed by atoms with Gasteiger partial charge in [-0.3, -0.25) is 16.4 Å². The molecule has 0 unspecified atom stereocenters. The van der Waals surface area contributed by atoms with Crippen LogP contribution in [0, 0.1) is 0 Å². The van der Waals surface area contributed by atoms with Crippen molar-refractivity contribution >= 4 is 42.0 Å². The van der Waals surface area contributed by atoms with Crippen LogP contribution in [-0.2, 0) is 68.0 Å². The minimum Gasteiger partial charge on any atom is -0.321 e. The van der Waals surface area contributed by atoms with E-state index in [1.54, 1.807) is 0 Å². The molecular formula is C69H69N3O3Si3. The van der Waals surface area contributed by atoms with Gasteiger partial charge in [0, 0.05) is 0 Å². The summed E-state index contributed by atoms with van der Waals surface area (Å²) in [4.78, 5) is 0. The molecule has 0 aromatic heterocycles. The number of hydrogen-bond acceptors (Lipinski definition) is 6. The van der Waals surface area contributed by atoms with Crippen molar-refractivity contribution in [3.05, 3.63) is 341 Å². The zero-order valence-corrected chi connectivity index (χ0v) is 47.3. The third-order valence-electron chi connectivity index (χ3n) is 14.5. The Labute approximate surface area is 465 Å². The maximum Gasteiger partial charge on any atom is 0.242 e. The monoisotopic (exact) mass is 1070 g/mol. The Balaban J connectivity index is 1.06. The first-order chi connectivity index (χ1) is 38.5. The molecule has 0 aliphatic carbocycles. The first-order valence-corrected chi connectivity index (χ1v) is 34.9. The molecule has 0 aliphatic rings. The highest BCUT2D eigenvalue weighted by molar-refractivity contribution is 6.73. The van der Waals surface area contributed by atoms with E-state index in [-0.39, 0.29) is 0 Å². The van der Waals surface area contributed by atoms with E-state index in [9.17, 15) is 0 Å². The summed E-state index contributed by atoms with van der Waals surface area (Å²) >= 11 is 0. The van der Waals surface area contributed by atoms with Crippen LogP contribution >= 0.6 is 0 Å². The molecule has 10 aromatic carbocycles. The molecule has 0 fully saturated rings. The number of hydrogen-bond donors (Lipinski definition) is 3. The molecule has 0 amide bonds. The average Bonchev–Trinajstić information content (AvgIpc) is 3.54. The number of anilines is 3. The Morgan fingerprint density at radius 3 is 0.615 bits per heavy atom. The van der Waals surface area contributed by atoms with E-state index < -0.39 is 25.0 Å². The second kappa shape index (κ2) is 26.9. The van der Waals surface area contributed by atoms with Crippen LogP contribution in [0.25, 0.3) is 0 Å². The Bertz CT molecular complexity index is 3010. The minimum atomic E-state index is -2.85. The second-order valence-corrected chi connectivity index (χ2v) is 31.8. The van der Waals surface area contributed by atoms with Crippen molar-refractivity contribution in [1.29, 1.82) is 0 Å². The fraction of sp³-hybridized carbons (Fsp3) is 0.130. The molecule has 6 nitrogen and oxygen atoms in total. The molecule has 0 saturated carbocycles. The summed E-state index contributed by atoms with van der Waals surface area (Å²) in [5.41, 5.74) is 24.6. The normalized spacial score (nSPS) is 11.7. The van der Waals surface area contributed by atoms with Gasteiger partial charge in [0.1, 0.15) is 0 Å². The molecule has 0 aliphatic heterocycles. The Hall–Kier alpha value is -7.87. The van der Waals surface area contributed by atoms with Crippen LogP contribution in [-0.4, -0.2) is 25.0 Å². The molecule has 0 saturated heterocycles. The van der Waals surface area contributed by atoms with Gasteiger partial charge in [-0.05, 0) is 123 Å². The summed E-state index contributed by atoms with van der Waals surface area (Å²) < 4.78 is 22.5. The van der Waals surface area contributed by atoms with Crippen LogP contribution in [0.5, 0.6) is 0 Å². The van der Waals surface area contributed by atoms with Crippen molar-refractivity contribution in [3.8, 4) is 0 Å². The van der Waals surface area contributed by atoms with Gasteiger partial charge in [-0.1, -0.05) is 273 Å². The molecular weight excluding hydrogens is 1000 g/mol. The van der Waals surface area contributed by atoms with Gasteiger partial charge in [-0.15, -0.1) is 0 Å². The molecule has 390 valence electrons. The van der Waals surface area contributed by atoms with Crippen molar-refractivity contribution in [2.45, 2.75) is 54.4 Å². The Kier molecular flexibility index (Phi) is 18.5. The fourth-order valence-electron chi connectivity index (χ4n) is 10.9. The molecule has 0 spiro atoms. The van der Waals surface area contributed by atoms with Gasteiger partial charge in [0.15, 0.2) is 0 Å². The fourth-order valence-corrected chi connectivity index (χ4v) is 22.5. The van der Waals surface area contributed by atoms with Crippen LogP contribution in [0.2, 0.25) is 0 Å². The number of rotatable bonds is 27. The summed E-state index contributed by atoms with van der Waals surface area (Å²) in [5, 5.41) is 0. The maximum atomic E-state index is 7.57. The molecule has 0 bridgehead atoms. The van der Waals surface area contributed by atoms with E-state index in [1.165, 1.54) is 50.1 Å². The summed E-state index contributed by atoms with van der Waals surface area (Å²) in [6.07, 6.45) is 0. The van der Waals surface area contributed by atoms with Crippen LogP contribution < -0.4 is 16.4 Å². The SMILES string of the molecule is c1ccc(C[Si](Cc2ccccc2)(Cc2ccccc2)ONc2ccc(NO[Si](Cc3ccccc3)(Cc3ccccc3)Cc3ccccc3)c(NO[Si](Cc3ccccc3)(Cc3ccccc3)Cc3ccccc3)c2)cc1. The molecule has 10 aromatic rings. The van der Waals surface area contributed by atoms with E-state index in [1.807, 2.05) is 0 Å². The Morgan fingerprint density at radius 1 is 0.205 bits per heavy atom. The first kappa shape index (κ1) is 53.5. The zero-order valence-electron chi connectivity index (χ0n) is 44.3. The minimum absolute atomic E-state index is 0.748.